The summed E-state index contributed by atoms with van der Waals surface area (Å²) in [6.07, 6.45) is 1.45. The van der Waals surface area contributed by atoms with Crippen molar-refractivity contribution in [2.45, 2.75) is 39.2 Å². The van der Waals surface area contributed by atoms with Crippen molar-refractivity contribution in [2.24, 2.45) is 0 Å². The maximum Gasteiger partial charge on any atom is 0.419 e. The minimum absolute atomic E-state index is 0.0561. The fraction of sp³-hybridized carbons (Fsp3) is 0.318. The number of hydrogen-bond acceptors (Lipinski definition) is 6. The number of esters is 1. The minimum atomic E-state index is -0.607. The average Bonchev–Trinajstić information content (AvgIpc) is 3.29. The van der Waals surface area contributed by atoms with E-state index in [0.717, 1.165) is 22.0 Å². The lowest BCUT2D eigenvalue weighted by atomic mass is 10.1. The number of aromatic nitrogens is 1. The average molecular weight is 413 g/mol. The molecular formula is C22H23NO5S. The summed E-state index contributed by atoms with van der Waals surface area (Å²) in [7, 11) is 1.30. The second-order valence-electron chi connectivity index (χ2n) is 7.61. The van der Waals surface area contributed by atoms with Gasteiger partial charge in [-0.05, 0) is 43.8 Å². The van der Waals surface area contributed by atoms with Crippen molar-refractivity contribution in [2.75, 3.05) is 7.11 Å². The van der Waals surface area contributed by atoms with Crippen molar-refractivity contribution >= 4 is 40.1 Å². The molecule has 0 aliphatic heterocycles. The predicted molar refractivity (Wildman–Crippen MR) is 112 cm³/mol. The monoisotopic (exact) mass is 413 g/mol. The van der Waals surface area contributed by atoms with Gasteiger partial charge in [-0.3, -0.25) is 14.2 Å². The summed E-state index contributed by atoms with van der Waals surface area (Å²) < 4.78 is 11.6. The number of carbonyl (C=O) groups excluding carboxylic acids is 3. The Morgan fingerprint density at radius 3 is 2.52 bits per heavy atom. The van der Waals surface area contributed by atoms with Crippen LogP contribution in [0.25, 0.3) is 22.0 Å². The molecule has 0 N–H and O–H groups in total. The number of hydrogen-bond donors (Lipinski definition) is 0. The molecule has 152 valence electrons. The highest BCUT2D eigenvalue weighted by molar-refractivity contribution is 7.12. The summed E-state index contributed by atoms with van der Waals surface area (Å²) in [6.45, 7) is 5.47. The smallest absolute Gasteiger partial charge is 0.419 e. The number of nitrogens with zero attached hydrogens (tertiary/aromatic N) is 1. The van der Waals surface area contributed by atoms with Gasteiger partial charge in [-0.15, -0.1) is 11.3 Å². The second kappa shape index (κ2) is 8.21. The molecule has 0 fully saturated rings. The molecule has 0 aliphatic carbocycles. The van der Waals surface area contributed by atoms with Crippen LogP contribution in [-0.2, 0) is 14.3 Å². The Balaban J connectivity index is 1.93. The molecule has 0 saturated heterocycles. The predicted octanol–water partition coefficient (Wildman–Crippen LogP) is 5.29. The Morgan fingerprint density at radius 1 is 1.10 bits per heavy atom. The first kappa shape index (κ1) is 20.8. The topological polar surface area (TPSA) is 74.6 Å². The molecule has 2 aromatic heterocycles. The molecule has 2 heterocycles. The van der Waals surface area contributed by atoms with Gasteiger partial charge in [-0.1, -0.05) is 18.2 Å². The van der Waals surface area contributed by atoms with Crippen LogP contribution in [0.3, 0.4) is 0 Å². The third-order valence-corrected chi connectivity index (χ3v) is 5.24. The first-order valence-electron chi connectivity index (χ1n) is 9.22. The number of rotatable bonds is 5. The van der Waals surface area contributed by atoms with Crippen LogP contribution in [-0.4, -0.2) is 35.1 Å². The van der Waals surface area contributed by atoms with Gasteiger partial charge in [-0.25, -0.2) is 4.79 Å². The van der Waals surface area contributed by atoms with Crippen LogP contribution in [0.2, 0.25) is 0 Å². The largest absolute Gasteiger partial charge is 0.469 e. The second-order valence-corrected chi connectivity index (χ2v) is 8.52. The molecule has 3 aromatic rings. The molecular weight excluding hydrogens is 390 g/mol. The number of fused-ring (bicyclic) bond motifs is 1. The molecule has 0 amide bonds. The zero-order chi connectivity index (χ0) is 21.2. The number of para-hydroxylation sites is 1. The third kappa shape index (κ3) is 4.74. The molecule has 1 aromatic carbocycles. The van der Waals surface area contributed by atoms with E-state index in [9.17, 15) is 14.4 Å². The van der Waals surface area contributed by atoms with Gasteiger partial charge < -0.3 is 9.47 Å². The summed E-state index contributed by atoms with van der Waals surface area (Å²) in [4.78, 5) is 36.9. The molecule has 6 nitrogen and oxygen atoms in total. The van der Waals surface area contributed by atoms with Crippen molar-refractivity contribution in [3.05, 3.63) is 46.8 Å². The first-order chi connectivity index (χ1) is 13.7. The van der Waals surface area contributed by atoms with Gasteiger partial charge in [0.1, 0.15) is 5.60 Å². The van der Waals surface area contributed by atoms with Gasteiger partial charge in [0.25, 0.3) is 0 Å². The lowest BCUT2D eigenvalue weighted by molar-refractivity contribution is -0.140. The molecule has 0 atom stereocenters. The Hall–Kier alpha value is -2.93. The number of ether oxygens (including phenoxy) is 2. The number of thiophene rings is 1. The minimum Gasteiger partial charge on any atom is -0.469 e. The zero-order valence-electron chi connectivity index (χ0n) is 16.9. The molecule has 3 rings (SSSR count). The lowest BCUT2D eigenvalue weighted by Crippen LogP contribution is -2.26. The Kier molecular flexibility index (Phi) is 5.88. The van der Waals surface area contributed by atoms with E-state index in [2.05, 4.69) is 4.74 Å². The van der Waals surface area contributed by atoms with Gasteiger partial charge in [0.05, 0.1) is 23.9 Å². The molecule has 0 aliphatic rings. The van der Waals surface area contributed by atoms with Crippen LogP contribution >= 0.6 is 11.3 Å². The van der Waals surface area contributed by atoms with E-state index in [1.54, 1.807) is 12.3 Å². The van der Waals surface area contributed by atoms with Crippen molar-refractivity contribution in [1.82, 2.24) is 4.57 Å². The fourth-order valence-electron chi connectivity index (χ4n) is 2.94. The van der Waals surface area contributed by atoms with Crippen molar-refractivity contribution in [3.8, 4) is 11.1 Å². The lowest BCUT2D eigenvalue weighted by Gasteiger charge is -2.19. The van der Waals surface area contributed by atoms with Crippen LogP contribution in [0, 0.1) is 0 Å². The highest BCUT2D eigenvalue weighted by Crippen LogP contribution is 2.34. The van der Waals surface area contributed by atoms with Crippen LogP contribution in [0.4, 0.5) is 4.79 Å². The molecule has 7 heteroatoms. The van der Waals surface area contributed by atoms with E-state index in [1.165, 1.54) is 23.0 Å². The van der Waals surface area contributed by atoms with Gasteiger partial charge in [0.15, 0.2) is 5.78 Å². The molecule has 0 unspecified atom stereocenters. The molecule has 0 radical (unpaired) electrons. The van der Waals surface area contributed by atoms with E-state index < -0.39 is 17.7 Å². The highest BCUT2D eigenvalue weighted by Gasteiger charge is 2.22. The van der Waals surface area contributed by atoms with Crippen LogP contribution < -0.4 is 0 Å². The fourth-order valence-corrected chi connectivity index (χ4v) is 3.81. The van der Waals surface area contributed by atoms with Crippen molar-refractivity contribution in [1.29, 1.82) is 0 Å². The SMILES string of the molecule is COC(=O)CCC(=O)c1cc(-c2cn(C(=O)OC(C)(C)C)c3ccccc23)cs1. The number of methoxy groups -OCH3 is 1. The van der Waals surface area contributed by atoms with E-state index in [4.69, 9.17) is 4.74 Å². The van der Waals surface area contributed by atoms with E-state index in [0.29, 0.717) is 4.88 Å². The number of ketones is 1. The number of benzene rings is 1. The van der Waals surface area contributed by atoms with E-state index in [-0.39, 0.29) is 18.6 Å². The normalized spacial score (nSPS) is 11.4. The van der Waals surface area contributed by atoms with Crippen LogP contribution in [0.1, 0.15) is 43.3 Å². The molecule has 0 saturated carbocycles. The molecule has 29 heavy (non-hydrogen) atoms. The van der Waals surface area contributed by atoms with Crippen LogP contribution in [0.15, 0.2) is 41.9 Å². The van der Waals surface area contributed by atoms with E-state index >= 15 is 0 Å². The Morgan fingerprint density at radius 2 is 1.83 bits per heavy atom. The summed E-state index contributed by atoms with van der Waals surface area (Å²) in [5, 5.41) is 2.77. The molecule has 0 bridgehead atoms. The molecule has 0 spiro atoms. The first-order valence-corrected chi connectivity index (χ1v) is 10.1. The Labute approximate surface area is 173 Å². The van der Waals surface area contributed by atoms with Gasteiger partial charge in [0.2, 0.25) is 0 Å². The summed E-state index contributed by atoms with van der Waals surface area (Å²) >= 11 is 1.32. The zero-order valence-corrected chi connectivity index (χ0v) is 17.7. The summed E-state index contributed by atoms with van der Waals surface area (Å²) in [5.41, 5.74) is 1.82. The highest BCUT2D eigenvalue weighted by atomic mass is 32.1. The van der Waals surface area contributed by atoms with Gasteiger partial charge >= 0.3 is 12.1 Å². The van der Waals surface area contributed by atoms with Gasteiger partial charge in [0, 0.05) is 23.6 Å². The maximum absolute atomic E-state index is 12.7. The van der Waals surface area contributed by atoms with Crippen molar-refractivity contribution in [3.63, 3.8) is 0 Å². The van der Waals surface area contributed by atoms with Crippen molar-refractivity contribution < 1.29 is 23.9 Å². The third-order valence-electron chi connectivity index (χ3n) is 4.27. The van der Waals surface area contributed by atoms with Gasteiger partial charge in [-0.2, -0.15) is 0 Å². The summed E-state index contributed by atoms with van der Waals surface area (Å²) in [5.74, 6) is -0.516. The standard InChI is InChI=1S/C22H23NO5S/c1-22(2,3)28-21(26)23-12-16(15-7-5-6-8-17(15)23)14-11-19(29-13-14)18(24)9-10-20(25)27-4/h5-8,11-13H,9-10H2,1-4H3. The number of carbonyl (C=O) groups is 3. The number of Topliss-reactive ketones (excluding diaryl/α,β-unsaturated/α-hetero) is 1. The Bertz CT molecular complexity index is 1070. The van der Waals surface area contributed by atoms with Crippen LogP contribution in [0.5, 0.6) is 0 Å². The maximum atomic E-state index is 12.7. The van der Waals surface area contributed by atoms with E-state index in [1.807, 2.05) is 50.4 Å². The quantitative estimate of drug-likeness (QED) is 0.420. The summed E-state index contributed by atoms with van der Waals surface area (Å²) in [6, 6.07) is 9.35.